The molecule has 1 atom stereocenters. The average Bonchev–Trinajstić information content (AvgIpc) is 2.67. The van der Waals surface area contributed by atoms with Crippen molar-refractivity contribution in [2.45, 2.75) is 12.3 Å². The van der Waals surface area contributed by atoms with Gasteiger partial charge in [-0.25, -0.2) is 0 Å². The molecule has 1 saturated heterocycles. The van der Waals surface area contributed by atoms with E-state index in [9.17, 15) is 4.79 Å². The van der Waals surface area contributed by atoms with Gasteiger partial charge in [0, 0.05) is 19.0 Å². The van der Waals surface area contributed by atoms with Crippen molar-refractivity contribution >= 4 is 6.41 Å². The molecule has 13 heavy (non-hydrogen) atoms. The SMILES string of the molecule is O=CN1CCC(c2c[c]ccc2)C1. The van der Waals surface area contributed by atoms with Gasteiger partial charge in [-0.2, -0.15) is 0 Å². The van der Waals surface area contributed by atoms with Gasteiger partial charge in [0.1, 0.15) is 0 Å². The maximum Gasteiger partial charge on any atom is 0.209 e. The molecule has 1 aliphatic heterocycles. The molecular formula is C11H12NO. The third-order valence-corrected chi connectivity index (χ3v) is 2.57. The van der Waals surface area contributed by atoms with E-state index in [1.807, 2.05) is 23.1 Å². The number of amides is 1. The van der Waals surface area contributed by atoms with Gasteiger partial charge in [0.15, 0.2) is 0 Å². The summed E-state index contributed by atoms with van der Waals surface area (Å²) in [4.78, 5) is 12.3. The van der Waals surface area contributed by atoms with E-state index in [4.69, 9.17) is 0 Å². The van der Waals surface area contributed by atoms with Gasteiger partial charge in [0.2, 0.25) is 6.41 Å². The molecule has 0 saturated carbocycles. The average molecular weight is 174 g/mol. The van der Waals surface area contributed by atoms with Gasteiger partial charge in [-0.05, 0) is 18.1 Å². The van der Waals surface area contributed by atoms with E-state index in [1.54, 1.807) is 0 Å². The Morgan fingerprint density at radius 1 is 1.62 bits per heavy atom. The predicted octanol–water partition coefficient (Wildman–Crippen LogP) is 1.43. The molecule has 1 fully saturated rings. The van der Waals surface area contributed by atoms with Crippen LogP contribution in [0.2, 0.25) is 0 Å². The van der Waals surface area contributed by atoms with Crippen molar-refractivity contribution in [3.63, 3.8) is 0 Å². The number of hydrogen-bond donors (Lipinski definition) is 0. The molecule has 0 N–H and O–H groups in total. The summed E-state index contributed by atoms with van der Waals surface area (Å²) in [6, 6.07) is 11.1. The maximum atomic E-state index is 10.5. The fraction of sp³-hybridized carbons (Fsp3) is 0.364. The summed E-state index contributed by atoms with van der Waals surface area (Å²) in [5.41, 5.74) is 1.30. The third kappa shape index (κ3) is 1.72. The van der Waals surface area contributed by atoms with Crippen LogP contribution >= 0.6 is 0 Å². The fourth-order valence-electron chi connectivity index (χ4n) is 1.82. The van der Waals surface area contributed by atoms with E-state index >= 15 is 0 Å². The number of nitrogens with zero attached hydrogens (tertiary/aromatic N) is 1. The van der Waals surface area contributed by atoms with E-state index in [0.717, 1.165) is 25.9 Å². The summed E-state index contributed by atoms with van der Waals surface area (Å²) in [6.45, 7) is 1.75. The lowest BCUT2D eigenvalue weighted by molar-refractivity contribution is -0.117. The summed E-state index contributed by atoms with van der Waals surface area (Å²) in [6.07, 6.45) is 2.02. The molecule has 0 bridgehead atoms. The van der Waals surface area contributed by atoms with E-state index in [-0.39, 0.29) is 0 Å². The van der Waals surface area contributed by atoms with Gasteiger partial charge < -0.3 is 4.90 Å². The largest absolute Gasteiger partial charge is 0.345 e. The monoisotopic (exact) mass is 174 g/mol. The van der Waals surface area contributed by atoms with Gasteiger partial charge in [-0.3, -0.25) is 4.79 Å². The standard InChI is InChI=1S/C11H12NO/c13-9-12-7-6-11(8-12)10-4-2-1-3-5-10/h1-2,4-5,9,11H,6-8H2. The minimum absolute atomic E-state index is 0.516. The molecule has 0 spiro atoms. The first-order valence-corrected chi connectivity index (χ1v) is 4.55. The van der Waals surface area contributed by atoms with Crippen molar-refractivity contribution in [1.82, 2.24) is 4.90 Å². The predicted molar refractivity (Wildman–Crippen MR) is 50.3 cm³/mol. The molecule has 0 aromatic heterocycles. The van der Waals surface area contributed by atoms with E-state index < -0.39 is 0 Å². The van der Waals surface area contributed by atoms with Crippen LogP contribution in [0.25, 0.3) is 0 Å². The van der Waals surface area contributed by atoms with Crippen molar-refractivity contribution in [2.75, 3.05) is 13.1 Å². The number of benzene rings is 1. The van der Waals surface area contributed by atoms with Crippen LogP contribution in [0.1, 0.15) is 17.9 Å². The number of rotatable bonds is 2. The smallest absolute Gasteiger partial charge is 0.209 e. The number of carbonyl (C=O) groups is 1. The van der Waals surface area contributed by atoms with Crippen LogP contribution < -0.4 is 0 Å². The highest BCUT2D eigenvalue weighted by atomic mass is 16.1. The fourth-order valence-corrected chi connectivity index (χ4v) is 1.82. The Morgan fingerprint density at radius 2 is 2.54 bits per heavy atom. The first-order chi connectivity index (χ1) is 6.40. The second kappa shape index (κ2) is 3.60. The lowest BCUT2D eigenvalue weighted by atomic mass is 9.99. The maximum absolute atomic E-state index is 10.5. The Morgan fingerprint density at radius 3 is 3.15 bits per heavy atom. The molecule has 0 aliphatic carbocycles. The van der Waals surface area contributed by atoms with Crippen molar-refractivity contribution in [2.24, 2.45) is 0 Å². The van der Waals surface area contributed by atoms with E-state index in [2.05, 4.69) is 12.1 Å². The molecular weight excluding hydrogens is 162 g/mol. The number of hydrogen-bond acceptors (Lipinski definition) is 1. The van der Waals surface area contributed by atoms with Crippen LogP contribution in [0.5, 0.6) is 0 Å². The Balaban J connectivity index is 2.08. The molecule has 1 aromatic carbocycles. The van der Waals surface area contributed by atoms with Crippen LogP contribution in [0, 0.1) is 6.07 Å². The van der Waals surface area contributed by atoms with Gasteiger partial charge >= 0.3 is 0 Å². The second-order valence-electron chi connectivity index (χ2n) is 3.42. The topological polar surface area (TPSA) is 20.3 Å². The third-order valence-electron chi connectivity index (χ3n) is 2.57. The normalized spacial score (nSPS) is 21.8. The van der Waals surface area contributed by atoms with Crippen LogP contribution in [0.3, 0.4) is 0 Å². The Labute approximate surface area is 78.2 Å². The quantitative estimate of drug-likeness (QED) is 0.621. The molecule has 2 rings (SSSR count). The Kier molecular flexibility index (Phi) is 2.30. The number of likely N-dealkylation sites (tertiary alicyclic amines) is 1. The lowest BCUT2D eigenvalue weighted by Crippen LogP contribution is -2.17. The highest BCUT2D eigenvalue weighted by molar-refractivity contribution is 5.48. The molecule has 1 amide bonds. The molecule has 1 aromatic rings. The highest BCUT2D eigenvalue weighted by Gasteiger charge is 2.21. The van der Waals surface area contributed by atoms with Crippen LogP contribution in [0.4, 0.5) is 0 Å². The summed E-state index contributed by atoms with van der Waals surface area (Å²) in [5.74, 6) is 0.516. The van der Waals surface area contributed by atoms with Gasteiger partial charge in [0.25, 0.3) is 0 Å². The van der Waals surface area contributed by atoms with Gasteiger partial charge in [-0.1, -0.05) is 24.3 Å². The zero-order valence-electron chi connectivity index (χ0n) is 7.44. The molecule has 67 valence electrons. The van der Waals surface area contributed by atoms with Crippen LogP contribution in [0.15, 0.2) is 24.3 Å². The highest BCUT2D eigenvalue weighted by Crippen LogP contribution is 2.25. The van der Waals surface area contributed by atoms with Crippen molar-refractivity contribution in [3.8, 4) is 0 Å². The summed E-state index contributed by atoms with van der Waals surface area (Å²) in [7, 11) is 0. The van der Waals surface area contributed by atoms with Crippen molar-refractivity contribution in [1.29, 1.82) is 0 Å². The lowest BCUT2D eigenvalue weighted by Gasteiger charge is -2.10. The minimum Gasteiger partial charge on any atom is -0.345 e. The Hall–Kier alpha value is -1.31. The summed E-state index contributed by atoms with van der Waals surface area (Å²) < 4.78 is 0. The summed E-state index contributed by atoms with van der Waals surface area (Å²) >= 11 is 0. The molecule has 2 heteroatoms. The number of carbonyl (C=O) groups excluding carboxylic acids is 1. The van der Waals surface area contributed by atoms with Gasteiger partial charge in [0.05, 0.1) is 0 Å². The van der Waals surface area contributed by atoms with Crippen LogP contribution in [-0.2, 0) is 4.79 Å². The second-order valence-corrected chi connectivity index (χ2v) is 3.42. The molecule has 1 aliphatic rings. The zero-order valence-corrected chi connectivity index (χ0v) is 7.44. The van der Waals surface area contributed by atoms with E-state index in [1.165, 1.54) is 5.56 Å². The minimum atomic E-state index is 0.516. The molecule has 1 radical (unpaired) electrons. The molecule has 2 nitrogen and oxygen atoms in total. The summed E-state index contributed by atoms with van der Waals surface area (Å²) in [5, 5.41) is 0. The van der Waals surface area contributed by atoms with E-state index in [0.29, 0.717) is 5.92 Å². The van der Waals surface area contributed by atoms with Crippen molar-refractivity contribution < 1.29 is 4.79 Å². The first kappa shape index (κ1) is 8.30. The zero-order chi connectivity index (χ0) is 9.10. The van der Waals surface area contributed by atoms with Crippen molar-refractivity contribution in [3.05, 3.63) is 35.9 Å². The molecule has 1 heterocycles. The Bertz CT molecular complexity index is 283. The first-order valence-electron chi connectivity index (χ1n) is 4.55. The molecule has 1 unspecified atom stereocenters. The van der Waals surface area contributed by atoms with Gasteiger partial charge in [-0.15, -0.1) is 0 Å². The van der Waals surface area contributed by atoms with Crippen LogP contribution in [-0.4, -0.2) is 24.4 Å².